The summed E-state index contributed by atoms with van der Waals surface area (Å²) in [5, 5.41) is 0. The van der Waals surface area contributed by atoms with Crippen molar-refractivity contribution in [3.05, 3.63) is 20.4 Å². The Labute approximate surface area is 55.6 Å². The molecule has 0 fully saturated rings. The van der Waals surface area contributed by atoms with E-state index in [-0.39, 0.29) is 5.69 Å². The molecule has 0 radical (unpaired) electrons. The summed E-state index contributed by atoms with van der Waals surface area (Å²) < 4.78 is 0. The molecule has 0 unspecified atom stereocenters. The van der Waals surface area contributed by atoms with E-state index in [0.29, 0.717) is 4.90 Å². The molecule has 0 saturated heterocycles. The van der Waals surface area contributed by atoms with Gasteiger partial charge in [0.25, 0.3) is 5.43 Å². The van der Waals surface area contributed by atoms with Gasteiger partial charge in [0, 0.05) is 0 Å². The van der Waals surface area contributed by atoms with Crippen LogP contribution < -0.4 is 16.6 Å². The molecule has 2 N–H and O–H groups in total. The lowest BCUT2D eigenvalue weighted by atomic mass is 10.3. The van der Waals surface area contributed by atoms with Gasteiger partial charge in [-0.2, -0.15) is 0 Å². The smallest absolute Gasteiger partial charge is 0.251 e. The molecule has 9 heavy (non-hydrogen) atoms. The predicted octanol–water partition coefficient (Wildman–Crippen LogP) is -0.413. The highest BCUT2D eigenvalue weighted by Crippen LogP contribution is 2.14. The molecule has 1 aromatic carbocycles. The lowest BCUT2D eigenvalue weighted by Crippen LogP contribution is -2.35. The number of anilines is 1. The summed E-state index contributed by atoms with van der Waals surface area (Å²) in [6.45, 7) is 0. The highest BCUT2D eigenvalue weighted by Gasteiger charge is 2.15. The molecule has 0 bridgehead atoms. The summed E-state index contributed by atoms with van der Waals surface area (Å²) in [7, 11) is 0. The molecule has 0 atom stereocenters. The van der Waals surface area contributed by atoms with E-state index in [1.54, 1.807) is 6.26 Å². The quantitative estimate of drug-likeness (QED) is 0.428. The van der Waals surface area contributed by atoms with Gasteiger partial charge >= 0.3 is 0 Å². The molecule has 4 heteroatoms. The summed E-state index contributed by atoms with van der Waals surface area (Å²) in [5.74, 6) is 0. The first kappa shape index (κ1) is 6.35. The first-order chi connectivity index (χ1) is 4.18. The molecule has 0 spiro atoms. The number of nitrogen functional groups attached to an aromatic ring is 1. The fourth-order valence-electron chi connectivity index (χ4n) is 0.591. The molecule has 0 aromatic heterocycles. The number of hydrogen-bond donors (Lipinski definition) is 1. The second-order valence-electron chi connectivity index (χ2n) is 1.61. The average molecular weight is 143 g/mol. The summed E-state index contributed by atoms with van der Waals surface area (Å²) in [6.07, 6.45) is 1.71. The Kier molecular flexibility index (Phi) is 1.32. The molecular weight excluding hydrogens is 138 g/mol. The molecule has 1 rings (SSSR count). The van der Waals surface area contributed by atoms with Crippen LogP contribution in [0.25, 0.3) is 0 Å². The van der Waals surface area contributed by atoms with Gasteiger partial charge in [-0.1, -0.05) is 0 Å². The van der Waals surface area contributed by atoms with Crippen LogP contribution in [0.1, 0.15) is 0 Å². The highest BCUT2D eigenvalue weighted by molar-refractivity contribution is 7.98. The van der Waals surface area contributed by atoms with Crippen LogP contribution in [0.3, 0.4) is 0 Å². The second-order valence-corrected chi connectivity index (χ2v) is 2.42. The monoisotopic (exact) mass is 143 g/mol. The molecule has 48 valence electrons. The van der Waals surface area contributed by atoms with Crippen molar-refractivity contribution in [3.63, 3.8) is 0 Å². The molecular formula is C5H5NO2S. The van der Waals surface area contributed by atoms with Gasteiger partial charge in [-0.05, 0) is 6.26 Å². The normalized spacial score (nSPS) is 10.3. The zero-order chi connectivity index (χ0) is 7.02. The maximum atomic E-state index is 10.5. The fourth-order valence-corrected chi connectivity index (χ4v) is 1.18. The van der Waals surface area contributed by atoms with Gasteiger partial charge in [-0.15, -0.1) is 11.8 Å². The third-order valence-electron chi connectivity index (χ3n) is 1.11. The molecule has 0 amide bonds. The Morgan fingerprint density at radius 2 is 1.89 bits per heavy atom. The Balaban J connectivity index is 3.25. The number of nitrogens with two attached hydrogens (primary N) is 1. The maximum absolute atomic E-state index is 10.5. The van der Waals surface area contributed by atoms with E-state index < -0.39 is 10.9 Å². The van der Waals surface area contributed by atoms with E-state index in [1.165, 1.54) is 11.8 Å². The third-order valence-corrected chi connectivity index (χ3v) is 1.92. The molecule has 0 aliphatic carbocycles. The third kappa shape index (κ3) is 0.666. The highest BCUT2D eigenvalue weighted by atomic mass is 32.2. The van der Waals surface area contributed by atoms with Gasteiger partial charge in [-0.3, -0.25) is 9.59 Å². The molecule has 0 aliphatic heterocycles. The maximum Gasteiger partial charge on any atom is 0.251 e. The second kappa shape index (κ2) is 1.88. The van der Waals surface area contributed by atoms with Crippen LogP contribution in [-0.4, -0.2) is 6.26 Å². The Morgan fingerprint density at radius 1 is 1.33 bits per heavy atom. The van der Waals surface area contributed by atoms with E-state index >= 15 is 0 Å². The Morgan fingerprint density at radius 3 is 2.11 bits per heavy atom. The minimum absolute atomic E-state index is 0.118. The van der Waals surface area contributed by atoms with Crippen LogP contribution in [0.5, 0.6) is 0 Å². The average Bonchev–Trinajstić information content (AvgIpc) is 1.89. The fraction of sp³-hybridized carbons (Fsp3) is 0.200. The van der Waals surface area contributed by atoms with Gasteiger partial charge in [0.15, 0.2) is 0 Å². The van der Waals surface area contributed by atoms with Crippen molar-refractivity contribution < 1.29 is 0 Å². The van der Waals surface area contributed by atoms with Crippen molar-refractivity contribution in [2.24, 2.45) is 0 Å². The SMILES string of the molecule is CSc1c(N)c(=O)c1=O. The minimum atomic E-state index is -0.542. The van der Waals surface area contributed by atoms with Gasteiger partial charge < -0.3 is 5.73 Å². The van der Waals surface area contributed by atoms with Crippen molar-refractivity contribution in [2.75, 3.05) is 12.0 Å². The van der Waals surface area contributed by atoms with E-state index in [4.69, 9.17) is 5.73 Å². The van der Waals surface area contributed by atoms with Crippen LogP contribution in [0.15, 0.2) is 14.5 Å². The van der Waals surface area contributed by atoms with Crippen molar-refractivity contribution in [2.45, 2.75) is 4.90 Å². The summed E-state index contributed by atoms with van der Waals surface area (Å²) in [6, 6.07) is 0. The molecule has 1 aromatic rings. The van der Waals surface area contributed by atoms with Gasteiger partial charge in [-0.25, -0.2) is 0 Å². The van der Waals surface area contributed by atoms with Gasteiger partial charge in [0.2, 0.25) is 5.43 Å². The Hall–Kier alpha value is -0.770. The molecule has 0 aliphatic rings. The topological polar surface area (TPSA) is 60.2 Å². The number of thioether (sulfide) groups is 1. The molecule has 3 nitrogen and oxygen atoms in total. The predicted molar refractivity (Wildman–Crippen MR) is 37.5 cm³/mol. The van der Waals surface area contributed by atoms with E-state index in [2.05, 4.69) is 0 Å². The van der Waals surface area contributed by atoms with Crippen LogP contribution in [0.2, 0.25) is 0 Å². The van der Waals surface area contributed by atoms with Crippen LogP contribution in [0.4, 0.5) is 5.69 Å². The van der Waals surface area contributed by atoms with Crippen LogP contribution in [0, 0.1) is 0 Å². The van der Waals surface area contributed by atoms with Crippen LogP contribution >= 0.6 is 11.8 Å². The summed E-state index contributed by atoms with van der Waals surface area (Å²) in [4.78, 5) is 21.3. The Bertz CT molecular complexity index is 298. The van der Waals surface area contributed by atoms with Crippen LogP contribution in [-0.2, 0) is 0 Å². The van der Waals surface area contributed by atoms with Gasteiger partial charge in [0.1, 0.15) is 5.69 Å². The first-order valence-electron chi connectivity index (χ1n) is 2.31. The van der Waals surface area contributed by atoms with Gasteiger partial charge in [0.05, 0.1) is 4.90 Å². The van der Waals surface area contributed by atoms with E-state index in [1.807, 2.05) is 0 Å². The van der Waals surface area contributed by atoms with Crippen molar-refractivity contribution in [1.29, 1.82) is 0 Å². The van der Waals surface area contributed by atoms with Crippen molar-refractivity contribution in [1.82, 2.24) is 0 Å². The number of hydrogen-bond acceptors (Lipinski definition) is 4. The van der Waals surface area contributed by atoms with E-state index in [0.717, 1.165) is 0 Å². The first-order valence-corrected chi connectivity index (χ1v) is 3.53. The van der Waals surface area contributed by atoms with Crippen molar-refractivity contribution >= 4 is 17.4 Å². The number of rotatable bonds is 1. The minimum Gasteiger partial charge on any atom is -0.394 e. The summed E-state index contributed by atoms with van der Waals surface area (Å²) in [5.41, 5.74) is 4.29. The summed E-state index contributed by atoms with van der Waals surface area (Å²) >= 11 is 1.22. The molecule has 0 heterocycles. The lowest BCUT2D eigenvalue weighted by Gasteiger charge is -1.99. The van der Waals surface area contributed by atoms with Crippen molar-refractivity contribution in [3.8, 4) is 0 Å². The zero-order valence-electron chi connectivity index (χ0n) is 4.80. The molecule has 0 saturated carbocycles. The largest absolute Gasteiger partial charge is 0.394 e. The van der Waals surface area contributed by atoms with E-state index in [9.17, 15) is 9.59 Å². The lowest BCUT2D eigenvalue weighted by molar-refractivity contribution is 1.24. The zero-order valence-corrected chi connectivity index (χ0v) is 5.62. The standard InChI is InChI=1S/C5H5NO2S/c1-9-5-2(6)3(7)4(5)8/h6H2,1H3.